The Kier molecular flexibility index (Phi) is 6.94. The Balaban J connectivity index is 1.36. The number of nitrogens with zero attached hydrogens (tertiary/aromatic N) is 4. The first-order valence-corrected chi connectivity index (χ1v) is 11.5. The summed E-state index contributed by atoms with van der Waals surface area (Å²) in [7, 11) is 0. The van der Waals surface area contributed by atoms with Crippen molar-refractivity contribution in [2.45, 2.75) is 50.0 Å². The molecule has 2 aliphatic rings. The van der Waals surface area contributed by atoms with Gasteiger partial charge >= 0.3 is 0 Å². The van der Waals surface area contributed by atoms with Crippen molar-refractivity contribution in [3.63, 3.8) is 0 Å². The lowest BCUT2D eigenvalue weighted by Gasteiger charge is -2.20. The number of halogens is 1. The largest absolute Gasteiger partial charge is 0.376 e. The molecule has 0 spiro atoms. The average Bonchev–Trinajstić information content (AvgIpc) is 3.49. The van der Waals surface area contributed by atoms with Crippen molar-refractivity contribution >= 4 is 35.2 Å². The molecule has 1 N–H and O–H groups in total. The number of benzene rings is 1. The second-order valence-corrected chi connectivity index (χ2v) is 8.79. The molecule has 2 fully saturated rings. The van der Waals surface area contributed by atoms with Crippen LogP contribution >= 0.6 is 23.4 Å². The van der Waals surface area contributed by atoms with Gasteiger partial charge in [-0.2, -0.15) is 0 Å². The molecule has 2 saturated heterocycles. The van der Waals surface area contributed by atoms with E-state index in [1.807, 2.05) is 24.3 Å². The van der Waals surface area contributed by atoms with Crippen LogP contribution in [0.5, 0.6) is 0 Å². The third-order valence-corrected chi connectivity index (χ3v) is 6.45. The lowest BCUT2D eigenvalue weighted by Crippen LogP contribution is -2.26. The van der Waals surface area contributed by atoms with Crippen LogP contribution in [0.15, 0.2) is 29.4 Å². The summed E-state index contributed by atoms with van der Waals surface area (Å²) >= 11 is 7.33. The highest BCUT2D eigenvalue weighted by Gasteiger charge is 2.25. The van der Waals surface area contributed by atoms with E-state index in [9.17, 15) is 4.79 Å². The van der Waals surface area contributed by atoms with Gasteiger partial charge in [0, 0.05) is 31.3 Å². The van der Waals surface area contributed by atoms with Crippen LogP contribution in [-0.2, 0) is 22.6 Å². The zero-order valence-corrected chi connectivity index (χ0v) is 17.9. The fraction of sp³-hybridized carbons (Fsp3) is 0.550. The molecule has 1 atom stereocenters. The molecule has 4 rings (SSSR count). The molecular weight excluding hydrogens is 410 g/mol. The van der Waals surface area contributed by atoms with E-state index >= 15 is 0 Å². The van der Waals surface area contributed by atoms with E-state index in [0.717, 1.165) is 55.8 Å². The molecule has 0 unspecified atom stereocenters. The number of carbonyl (C=O) groups excluding carboxylic acids is 1. The van der Waals surface area contributed by atoms with Gasteiger partial charge in [0.1, 0.15) is 0 Å². The lowest BCUT2D eigenvalue weighted by atomic mass is 10.2. The summed E-state index contributed by atoms with van der Waals surface area (Å²) in [4.78, 5) is 14.6. The predicted octanol–water partition coefficient (Wildman–Crippen LogP) is 3.12. The maximum Gasteiger partial charge on any atom is 0.230 e. The van der Waals surface area contributed by atoms with Crippen molar-refractivity contribution in [1.29, 1.82) is 0 Å². The SMILES string of the molecule is O=C(CSc1nnc(N2CCCC2)n1C[C@@H]1CCCO1)NCc1ccc(Cl)cc1. The standard InChI is InChI=1S/C20H26ClN5O2S/c21-16-7-5-15(6-8-16)12-22-18(27)14-29-20-24-23-19(25-9-1-2-10-25)26(20)13-17-4-3-11-28-17/h5-8,17H,1-4,9-14H2,(H,22,27)/t17-/m0/s1. The van der Waals surface area contributed by atoms with Gasteiger partial charge in [-0.3, -0.25) is 9.36 Å². The molecule has 156 valence electrons. The van der Waals surface area contributed by atoms with E-state index in [4.69, 9.17) is 16.3 Å². The molecule has 7 nitrogen and oxygen atoms in total. The Morgan fingerprint density at radius 2 is 2.00 bits per heavy atom. The average molecular weight is 436 g/mol. The minimum atomic E-state index is -0.0284. The number of rotatable bonds is 8. The molecule has 29 heavy (non-hydrogen) atoms. The van der Waals surface area contributed by atoms with Gasteiger partial charge in [-0.1, -0.05) is 35.5 Å². The van der Waals surface area contributed by atoms with Crippen LogP contribution in [0.2, 0.25) is 5.02 Å². The molecular formula is C20H26ClN5O2S. The third-order valence-electron chi connectivity index (χ3n) is 5.23. The number of amides is 1. The number of hydrogen-bond donors (Lipinski definition) is 1. The molecule has 1 aromatic heterocycles. The quantitative estimate of drug-likeness (QED) is 0.642. The molecule has 2 aromatic rings. The second kappa shape index (κ2) is 9.82. The van der Waals surface area contributed by atoms with Crippen molar-refractivity contribution in [1.82, 2.24) is 20.1 Å². The fourth-order valence-electron chi connectivity index (χ4n) is 3.67. The highest BCUT2D eigenvalue weighted by Crippen LogP contribution is 2.27. The molecule has 2 aliphatic heterocycles. The van der Waals surface area contributed by atoms with E-state index in [1.54, 1.807) is 0 Å². The maximum absolute atomic E-state index is 12.3. The minimum absolute atomic E-state index is 0.0284. The minimum Gasteiger partial charge on any atom is -0.376 e. The summed E-state index contributed by atoms with van der Waals surface area (Å²) in [5.74, 6) is 1.18. The summed E-state index contributed by atoms with van der Waals surface area (Å²) in [5.41, 5.74) is 1.02. The Labute approximate surface area is 180 Å². The zero-order chi connectivity index (χ0) is 20.1. The van der Waals surface area contributed by atoms with Crippen LogP contribution in [0.1, 0.15) is 31.2 Å². The van der Waals surface area contributed by atoms with Crippen molar-refractivity contribution < 1.29 is 9.53 Å². The number of thioether (sulfide) groups is 1. The van der Waals surface area contributed by atoms with Crippen LogP contribution in [0, 0.1) is 0 Å². The number of hydrogen-bond acceptors (Lipinski definition) is 6. The molecule has 0 aliphatic carbocycles. The highest BCUT2D eigenvalue weighted by molar-refractivity contribution is 7.99. The van der Waals surface area contributed by atoms with Crippen LogP contribution < -0.4 is 10.2 Å². The monoisotopic (exact) mass is 435 g/mol. The number of anilines is 1. The Hall–Kier alpha value is -1.77. The van der Waals surface area contributed by atoms with Gasteiger partial charge in [0.05, 0.1) is 18.4 Å². The maximum atomic E-state index is 12.3. The number of aromatic nitrogens is 3. The lowest BCUT2D eigenvalue weighted by molar-refractivity contribution is -0.118. The normalized spacial score (nSPS) is 19.1. The summed E-state index contributed by atoms with van der Waals surface area (Å²) in [6, 6.07) is 7.48. The van der Waals surface area contributed by atoms with Crippen LogP contribution in [-0.4, -0.2) is 52.2 Å². The zero-order valence-electron chi connectivity index (χ0n) is 16.3. The fourth-order valence-corrected chi connectivity index (χ4v) is 4.57. The summed E-state index contributed by atoms with van der Waals surface area (Å²) in [6.45, 7) is 4.07. The van der Waals surface area contributed by atoms with Gasteiger partial charge < -0.3 is 15.0 Å². The Morgan fingerprint density at radius 1 is 1.21 bits per heavy atom. The van der Waals surface area contributed by atoms with Crippen LogP contribution in [0.4, 0.5) is 5.95 Å². The highest BCUT2D eigenvalue weighted by atomic mass is 35.5. The van der Waals surface area contributed by atoms with Gasteiger partial charge in [0.2, 0.25) is 11.9 Å². The number of nitrogens with one attached hydrogen (secondary N) is 1. The van der Waals surface area contributed by atoms with Gasteiger partial charge in [0.25, 0.3) is 0 Å². The summed E-state index contributed by atoms with van der Waals surface area (Å²) in [6.07, 6.45) is 4.72. The molecule has 0 radical (unpaired) electrons. The van der Waals surface area contributed by atoms with E-state index in [-0.39, 0.29) is 12.0 Å². The van der Waals surface area contributed by atoms with Crippen molar-refractivity contribution in [2.75, 3.05) is 30.3 Å². The van der Waals surface area contributed by atoms with E-state index in [2.05, 4.69) is 25.0 Å². The van der Waals surface area contributed by atoms with Crippen molar-refractivity contribution in [3.8, 4) is 0 Å². The van der Waals surface area contributed by atoms with Crippen LogP contribution in [0.25, 0.3) is 0 Å². The Bertz CT molecular complexity index is 817. The molecule has 1 amide bonds. The molecule has 1 aromatic carbocycles. The molecule has 9 heteroatoms. The van der Waals surface area contributed by atoms with E-state index in [0.29, 0.717) is 17.3 Å². The second-order valence-electron chi connectivity index (χ2n) is 7.41. The Morgan fingerprint density at radius 3 is 2.72 bits per heavy atom. The first kappa shape index (κ1) is 20.5. The third kappa shape index (κ3) is 5.43. The van der Waals surface area contributed by atoms with Crippen LogP contribution in [0.3, 0.4) is 0 Å². The van der Waals surface area contributed by atoms with E-state index in [1.165, 1.54) is 24.6 Å². The number of ether oxygens (including phenoxy) is 1. The van der Waals surface area contributed by atoms with Gasteiger partial charge in [-0.25, -0.2) is 0 Å². The van der Waals surface area contributed by atoms with Gasteiger partial charge in [-0.05, 0) is 43.4 Å². The topological polar surface area (TPSA) is 72.3 Å². The van der Waals surface area contributed by atoms with Gasteiger partial charge in [-0.15, -0.1) is 10.2 Å². The molecule has 0 saturated carbocycles. The first-order chi connectivity index (χ1) is 14.2. The van der Waals surface area contributed by atoms with Gasteiger partial charge in [0.15, 0.2) is 5.16 Å². The summed E-state index contributed by atoms with van der Waals surface area (Å²) < 4.78 is 7.96. The first-order valence-electron chi connectivity index (χ1n) is 10.1. The van der Waals surface area contributed by atoms with Crippen molar-refractivity contribution in [3.05, 3.63) is 34.9 Å². The van der Waals surface area contributed by atoms with E-state index < -0.39 is 0 Å². The molecule has 0 bridgehead atoms. The number of carbonyl (C=O) groups is 1. The smallest absolute Gasteiger partial charge is 0.230 e. The van der Waals surface area contributed by atoms with Crippen molar-refractivity contribution in [2.24, 2.45) is 0 Å². The predicted molar refractivity (Wildman–Crippen MR) is 114 cm³/mol. The molecule has 3 heterocycles. The summed E-state index contributed by atoms with van der Waals surface area (Å²) in [5, 5.41) is 13.2.